The van der Waals surface area contributed by atoms with Crippen molar-refractivity contribution in [2.75, 3.05) is 37.0 Å². The summed E-state index contributed by atoms with van der Waals surface area (Å²) in [6.45, 7) is 2.52. The van der Waals surface area contributed by atoms with E-state index < -0.39 is 0 Å². The van der Waals surface area contributed by atoms with E-state index in [0.717, 1.165) is 61.7 Å². The van der Waals surface area contributed by atoms with Gasteiger partial charge in [-0.05, 0) is 49.1 Å². The van der Waals surface area contributed by atoms with Crippen molar-refractivity contribution in [3.63, 3.8) is 0 Å². The largest absolute Gasteiger partial charge is 0.497 e. The highest BCUT2D eigenvalue weighted by Gasteiger charge is 2.30. The Balaban J connectivity index is 1.42. The molecular weight excluding hydrogens is 330 g/mol. The molecular formula is C19H23N5O2. The normalized spacial score (nSPS) is 18.1. The second-order valence-electron chi connectivity index (χ2n) is 6.68. The Morgan fingerprint density at radius 3 is 2.77 bits per heavy atom. The fourth-order valence-corrected chi connectivity index (χ4v) is 3.78. The average molecular weight is 353 g/mol. The van der Waals surface area contributed by atoms with Gasteiger partial charge >= 0.3 is 6.03 Å². The molecule has 7 heteroatoms. The summed E-state index contributed by atoms with van der Waals surface area (Å²) in [5.74, 6) is 1.78. The number of nitrogens with one attached hydrogen (secondary N) is 1. The van der Waals surface area contributed by atoms with Gasteiger partial charge in [0.15, 0.2) is 0 Å². The van der Waals surface area contributed by atoms with Crippen LogP contribution in [0.4, 0.5) is 16.3 Å². The number of ether oxygens (including phenoxy) is 1. The molecule has 1 N–H and O–H groups in total. The van der Waals surface area contributed by atoms with Crippen LogP contribution in [-0.4, -0.2) is 53.7 Å². The van der Waals surface area contributed by atoms with Gasteiger partial charge in [-0.1, -0.05) is 0 Å². The van der Waals surface area contributed by atoms with Crippen LogP contribution in [0.3, 0.4) is 0 Å². The Bertz CT molecular complexity index is 775. The molecule has 136 valence electrons. The summed E-state index contributed by atoms with van der Waals surface area (Å²) in [4.78, 5) is 25.3. The minimum Gasteiger partial charge on any atom is -0.497 e. The summed E-state index contributed by atoms with van der Waals surface area (Å²) < 4.78 is 5.30. The van der Waals surface area contributed by atoms with E-state index >= 15 is 0 Å². The highest BCUT2D eigenvalue weighted by molar-refractivity contribution is 5.91. The van der Waals surface area contributed by atoms with Gasteiger partial charge in [0.1, 0.15) is 17.9 Å². The number of hydrogen-bond donors (Lipinski definition) is 1. The van der Waals surface area contributed by atoms with E-state index in [1.165, 1.54) is 0 Å². The maximum atomic E-state index is 12.7. The van der Waals surface area contributed by atoms with Gasteiger partial charge in [0.25, 0.3) is 0 Å². The zero-order valence-corrected chi connectivity index (χ0v) is 14.9. The third-order valence-corrected chi connectivity index (χ3v) is 5.23. The predicted molar refractivity (Wildman–Crippen MR) is 99.7 cm³/mol. The lowest BCUT2D eigenvalue weighted by Gasteiger charge is -2.38. The highest BCUT2D eigenvalue weighted by Crippen LogP contribution is 2.28. The van der Waals surface area contributed by atoms with Crippen molar-refractivity contribution in [2.45, 2.75) is 25.3 Å². The topological polar surface area (TPSA) is 70.6 Å². The summed E-state index contributed by atoms with van der Waals surface area (Å²) in [6, 6.07) is 8.00. The number of amides is 2. The molecule has 0 saturated carbocycles. The van der Waals surface area contributed by atoms with Crippen molar-refractivity contribution in [3.8, 4) is 5.75 Å². The first kappa shape index (κ1) is 16.6. The fraction of sp³-hybridized carbons (Fsp3) is 0.421. The summed E-state index contributed by atoms with van der Waals surface area (Å²) in [5.41, 5.74) is 2.01. The maximum absolute atomic E-state index is 12.7. The van der Waals surface area contributed by atoms with E-state index in [1.54, 1.807) is 19.6 Å². The van der Waals surface area contributed by atoms with Crippen LogP contribution in [0.1, 0.15) is 18.4 Å². The van der Waals surface area contributed by atoms with Crippen LogP contribution in [0.25, 0.3) is 0 Å². The molecule has 2 aliphatic rings. The number of hydrogen-bond acceptors (Lipinski definition) is 5. The minimum absolute atomic E-state index is 0.00518. The molecule has 0 atom stereocenters. The van der Waals surface area contributed by atoms with Gasteiger partial charge in [-0.2, -0.15) is 0 Å². The standard InChI is InChI=1S/C19H23N5O2/c1-26-16-2-3-17-14(12-16)5-11-24(19(25)22-17)15-6-9-23(10-7-15)18-4-8-20-13-21-18/h2-4,8,12-13,15H,5-7,9-11H2,1H3,(H,22,25). The van der Waals surface area contributed by atoms with E-state index in [1.807, 2.05) is 29.2 Å². The number of nitrogens with zero attached hydrogens (tertiary/aromatic N) is 4. The van der Waals surface area contributed by atoms with Gasteiger partial charge in [-0.25, -0.2) is 14.8 Å². The number of benzene rings is 1. The van der Waals surface area contributed by atoms with E-state index in [9.17, 15) is 4.79 Å². The van der Waals surface area contributed by atoms with Gasteiger partial charge in [-0.15, -0.1) is 0 Å². The van der Waals surface area contributed by atoms with Crippen LogP contribution in [-0.2, 0) is 6.42 Å². The highest BCUT2D eigenvalue weighted by atomic mass is 16.5. The zero-order valence-electron chi connectivity index (χ0n) is 14.9. The molecule has 2 amide bonds. The van der Waals surface area contributed by atoms with Crippen LogP contribution in [0.5, 0.6) is 5.75 Å². The number of aromatic nitrogens is 2. The molecule has 0 radical (unpaired) electrons. The van der Waals surface area contributed by atoms with Crippen molar-refractivity contribution in [2.24, 2.45) is 0 Å². The van der Waals surface area contributed by atoms with Crippen molar-refractivity contribution < 1.29 is 9.53 Å². The number of carbonyl (C=O) groups is 1. The second kappa shape index (κ2) is 7.19. The fourth-order valence-electron chi connectivity index (χ4n) is 3.78. The van der Waals surface area contributed by atoms with Gasteiger partial charge in [-0.3, -0.25) is 0 Å². The van der Waals surface area contributed by atoms with Gasteiger partial charge < -0.3 is 19.9 Å². The van der Waals surface area contributed by atoms with Crippen LogP contribution in [0.15, 0.2) is 36.8 Å². The van der Waals surface area contributed by atoms with Crippen molar-refractivity contribution in [3.05, 3.63) is 42.4 Å². The molecule has 0 aliphatic carbocycles. The zero-order chi connectivity index (χ0) is 17.9. The third-order valence-electron chi connectivity index (χ3n) is 5.23. The lowest BCUT2D eigenvalue weighted by atomic mass is 10.0. The number of methoxy groups -OCH3 is 1. The molecule has 0 unspecified atom stereocenters. The molecule has 4 rings (SSSR count). The number of anilines is 2. The molecule has 3 heterocycles. The Labute approximate surface area is 153 Å². The minimum atomic E-state index is -0.00518. The quantitative estimate of drug-likeness (QED) is 0.918. The van der Waals surface area contributed by atoms with Crippen LogP contribution < -0.4 is 15.0 Å². The Hall–Kier alpha value is -2.83. The number of carbonyl (C=O) groups excluding carboxylic acids is 1. The Kier molecular flexibility index (Phi) is 4.60. The predicted octanol–water partition coefficient (Wildman–Crippen LogP) is 2.54. The molecule has 7 nitrogen and oxygen atoms in total. The molecule has 1 fully saturated rings. The van der Waals surface area contributed by atoms with E-state index in [-0.39, 0.29) is 12.1 Å². The molecule has 0 bridgehead atoms. The molecule has 2 aliphatic heterocycles. The lowest BCUT2D eigenvalue weighted by Crippen LogP contribution is -2.49. The van der Waals surface area contributed by atoms with E-state index in [2.05, 4.69) is 20.2 Å². The van der Waals surface area contributed by atoms with Gasteiger partial charge in [0.05, 0.1) is 7.11 Å². The average Bonchev–Trinajstić information content (AvgIpc) is 2.86. The first-order valence-corrected chi connectivity index (χ1v) is 9.00. The lowest BCUT2D eigenvalue weighted by molar-refractivity contribution is 0.177. The molecule has 0 spiro atoms. The molecule has 1 aromatic heterocycles. The third kappa shape index (κ3) is 3.29. The first-order valence-electron chi connectivity index (χ1n) is 9.00. The molecule has 1 saturated heterocycles. The number of rotatable bonds is 3. The Morgan fingerprint density at radius 2 is 2.04 bits per heavy atom. The summed E-state index contributed by atoms with van der Waals surface area (Å²) >= 11 is 0. The summed E-state index contributed by atoms with van der Waals surface area (Å²) in [7, 11) is 1.66. The monoisotopic (exact) mass is 353 g/mol. The van der Waals surface area contributed by atoms with E-state index in [4.69, 9.17) is 4.74 Å². The SMILES string of the molecule is COc1ccc2c(c1)CCN(C1CCN(c3ccncn3)CC1)C(=O)N2. The van der Waals surface area contributed by atoms with E-state index in [0.29, 0.717) is 0 Å². The summed E-state index contributed by atoms with van der Waals surface area (Å²) in [6.07, 6.45) is 6.06. The number of urea groups is 1. The molecule has 2 aromatic rings. The van der Waals surface area contributed by atoms with Gasteiger partial charge in [0.2, 0.25) is 0 Å². The summed E-state index contributed by atoms with van der Waals surface area (Å²) in [5, 5.41) is 3.06. The van der Waals surface area contributed by atoms with Crippen LogP contribution in [0.2, 0.25) is 0 Å². The van der Waals surface area contributed by atoms with Crippen molar-refractivity contribution in [1.29, 1.82) is 0 Å². The van der Waals surface area contributed by atoms with Crippen LogP contribution in [0, 0.1) is 0 Å². The first-order chi connectivity index (χ1) is 12.7. The molecule has 26 heavy (non-hydrogen) atoms. The number of fused-ring (bicyclic) bond motifs is 1. The van der Waals surface area contributed by atoms with Gasteiger partial charge in [0, 0.05) is 37.6 Å². The number of piperidine rings is 1. The molecule has 1 aromatic carbocycles. The van der Waals surface area contributed by atoms with Crippen molar-refractivity contribution in [1.82, 2.24) is 14.9 Å². The Morgan fingerprint density at radius 1 is 1.19 bits per heavy atom. The maximum Gasteiger partial charge on any atom is 0.322 e. The second-order valence-corrected chi connectivity index (χ2v) is 6.68. The van der Waals surface area contributed by atoms with Crippen LogP contribution >= 0.6 is 0 Å². The smallest absolute Gasteiger partial charge is 0.322 e. The van der Waals surface area contributed by atoms with Crippen molar-refractivity contribution >= 4 is 17.5 Å².